The van der Waals surface area contributed by atoms with Crippen molar-refractivity contribution in [1.29, 1.82) is 5.26 Å². The van der Waals surface area contributed by atoms with Crippen LogP contribution >= 0.6 is 0 Å². The molecule has 1 aromatic heterocycles. The zero-order chi connectivity index (χ0) is 25.7. The second-order valence-corrected chi connectivity index (χ2v) is 10.2. The zero-order valence-electron chi connectivity index (χ0n) is 21.4. The summed E-state index contributed by atoms with van der Waals surface area (Å²) in [4.78, 5) is 22.3. The summed E-state index contributed by atoms with van der Waals surface area (Å²) in [6, 6.07) is 10.8. The quantitative estimate of drug-likeness (QED) is 0.634. The molecule has 0 bridgehead atoms. The molecule has 8 nitrogen and oxygen atoms in total. The highest BCUT2D eigenvalue weighted by molar-refractivity contribution is 5.98. The van der Waals surface area contributed by atoms with E-state index in [0.717, 1.165) is 43.7 Å². The Balaban J connectivity index is 1.62. The number of pyridine rings is 1. The summed E-state index contributed by atoms with van der Waals surface area (Å²) >= 11 is 0. The zero-order valence-corrected chi connectivity index (χ0v) is 21.4. The van der Waals surface area contributed by atoms with Crippen LogP contribution in [0.15, 0.2) is 36.5 Å². The fourth-order valence-corrected chi connectivity index (χ4v) is 4.97. The number of carbonyl (C=O) groups excluding carboxylic acids is 1. The van der Waals surface area contributed by atoms with Crippen molar-refractivity contribution >= 4 is 5.91 Å². The number of benzene rings is 1. The van der Waals surface area contributed by atoms with Crippen molar-refractivity contribution in [3.05, 3.63) is 47.7 Å². The average Bonchev–Trinajstić information content (AvgIpc) is 2.90. The highest BCUT2D eigenvalue weighted by Crippen LogP contribution is 2.30. The fourth-order valence-electron chi connectivity index (χ4n) is 4.97. The SMILES string of the molecule is C[C@H]1CN([C@@H](C)CO)C(=O)c2cc(-c3ccc(C#N)cc3)cnc2O[C@H]1CN(C)CC1CCOCC1. The summed E-state index contributed by atoms with van der Waals surface area (Å²) in [5.74, 6) is 0.785. The minimum atomic E-state index is -0.329. The van der Waals surface area contributed by atoms with E-state index >= 15 is 0 Å². The number of amides is 1. The number of aliphatic hydroxyl groups excluding tert-OH is 1. The number of hydrogen-bond acceptors (Lipinski definition) is 7. The first-order chi connectivity index (χ1) is 17.4. The summed E-state index contributed by atoms with van der Waals surface area (Å²) in [5.41, 5.74) is 2.60. The molecular weight excluding hydrogens is 456 g/mol. The molecule has 192 valence electrons. The van der Waals surface area contributed by atoms with Crippen LogP contribution in [-0.4, -0.2) is 84.4 Å². The van der Waals surface area contributed by atoms with Gasteiger partial charge in [-0.3, -0.25) is 4.79 Å². The summed E-state index contributed by atoms with van der Waals surface area (Å²) in [6.45, 7) is 7.65. The van der Waals surface area contributed by atoms with Gasteiger partial charge in [0, 0.05) is 50.5 Å². The van der Waals surface area contributed by atoms with E-state index in [-0.39, 0.29) is 30.6 Å². The number of aliphatic hydroxyl groups is 1. The molecule has 0 saturated carbocycles. The van der Waals surface area contributed by atoms with Gasteiger partial charge in [0.15, 0.2) is 0 Å². The third-order valence-electron chi connectivity index (χ3n) is 7.27. The van der Waals surface area contributed by atoms with Gasteiger partial charge in [-0.25, -0.2) is 4.98 Å². The third kappa shape index (κ3) is 6.04. The molecule has 4 rings (SSSR count). The van der Waals surface area contributed by atoms with Crippen LogP contribution in [0.1, 0.15) is 42.6 Å². The van der Waals surface area contributed by atoms with Crippen LogP contribution in [0.2, 0.25) is 0 Å². The first-order valence-electron chi connectivity index (χ1n) is 12.7. The largest absolute Gasteiger partial charge is 0.472 e. The predicted octanol–water partition coefficient (Wildman–Crippen LogP) is 3.20. The average molecular weight is 493 g/mol. The van der Waals surface area contributed by atoms with E-state index in [0.29, 0.717) is 36.0 Å². The van der Waals surface area contributed by atoms with Gasteiger partial charge < -0.3 is 24.4 Å². The number of hydrogen-bond donors (Lipinski definition) is 1. The molecule has 36 heavy (non-hydrogen) atoms. The molecule has 3 heterocycles. The molecule has 1 fully saturated rings. The predicted molar refractivity (Wildman–Crippen MR) is 137 cm³/mol. The van der Waals surface area contributed by atoms with Crippen LogP contribution in [-0.2, 0) is 4.74 Å². The normalized spacial score (nSPS) is 21.8. The number of nitriles is 1. The minimum Gasteiger partial charge on any atom is -0.472 e. The highest BCUT2D eigenvalue weighted by Gasteiger charge is 2.34. The Hall–Kier alpha value is -2.99. The number of likely N-dealkylation sites (N-methyl/N-ethyl adjacent to an activating group) is 1. The van der Waals surface area contributed by atoms with Gasteiger partial charge in [-0.15, -0.1) is 0 Å². The Morgan fingerprint density at radius 3 is 2.61 bits per heavy atom. The first-order valence-corrected chi connectivity index (χ1v) is 12.7. The number of aromatic nitrogens is 1. The van der Waals surface area contributed by atoms with Gasteiger partial charge in [-0.05, 0) is 56.5 Å². The van der Waals surface area contributed by atoms with Gasteiger partial charge in [-0.1, -0.05) is 19.1 Å². The molecule has 3 atom stereocenters. The first kappa shape index (κ1) is 26.1. The molecule has 2 aliphatic heterocycles. The van der Waals surface area contributed by atoms with Crippen molar-refractivity contribution in [3.8, 4) is 23.1 Å². The Labute approximate surface area is 213 Å². The van der Waals surface area contributed by atoms with E-state index in [4.69, 9.17) is 14.7 Å². The third-order valence-corrected chi connectivity index (χ3v) is 7.27. The van der Waals surface area contributed by atoms with Crippen LogP contribution in [0, 0.1) is 23.2 Å². The lowest BCUT2D eigenvalue weighted by Crippen LogP contribution is -2.50. The smallest absolute Gasteiger partial charge is 0.259 e. The number of fused-ring (bicyclic) bond motifs is 1. The molecule has 0 radical (unpaired) electrons. The van der Waals surface area contributed by atoms with E-state index < -0.39 is 0 Å². The number of rotatable bonds is 7. The summed E-state index contributed by atoms with van der Waals surface area (Å²) in [6.07, 6.45) is 3.69. The molecule has 2 aromatic rings. The maximum atomic E-state index is 13.6. The van der Waals surface area contributed by atoms with Gasteiger partial charge in [0.1, 0.15) is 11.7 Å². The van der Waals surface area contributed by atoms with E-state index in [1.54, 1.807) is 23.2 Å². The van der Waals surface area contributed by atoms with Crippen molar-refractivity contribution in [2.45, 2.75) is 38.8 Å². The summed E-state index contributed by atoms with van der Waals surface area (Å²) in [7, 11) is 2.12. The maximum Gasteiger partial charge on any atom is 0.259 e. The van der Waals surface area contributed by atoms with Crippen molar-refractivity contribution in [2.24, 2.45) is 11.8 Å². The summed E-state index contributed by atoms with van der Waals surface area (Å²) < 4.78 is 11.9. The molecule has 1 saturated heterocycles. The molecule has 8 heteroatoms. The van der Waals surface area contributed by atoms with Crippen LogP contribution in [0.3, 0.4) is 0 Å². The highest BCUT2D eigenvalue weighted by atomic mass is 16.5. The molecule has 0 unspecified atom stereocenters. The minimum absolute atomic E-state index is 0.0493. The van der Waals surface area contributed by atoms with Crippen molar-refractivity contribution in [3.63, 3.8) is 0 Å². The van der Waals surface area contributed by atoms with Crippen LogP contribution in [0.4, 0.5) is 0 Å². The Kier molecular flexibility index (Phi) is 8.57. The van der Waals surface area contributed by atoms with Crippen molar-refractivity contribution in [1.82, 2.24) is 14.8 Å². The molecule has 1 N–H and O–H groups in total. The fraction of sp³-hybridized carbons (Fsp3) is 0.536. The van der Waals surface area contributed by atoms with Gasteiger partial charge in [0.25, 0.3) is 5.91 Å². The lowest BCUT2D eigenvalue weighted by molar-refractivity contribution is 0.0254. The lowest BCUT2D eigenvalue weighted by atomic mass is 9.97. The monoisotopic (exact) mass is 492 g/mol. The second-order valence-electron chi connectivity index (χ2n) is 10.2. The van der Waals surface area contributed by atoms with Gasteiger partial charge >= 0.3 is 0 Å². The molecule has 2 aliphatic rings. The van der Waals surface area contributed by atoms with Crippen molar-refractivity contribution < 1.29 is 19.4 Å². The molecule has 0 aliphatic carbocycles. The van der Waals surface area contributed by atoms with Gasteiger partial charge in [0.2, 0.25) is 5.88 Å². The van der Waals surface area contributed by atoms with Gasteiger partial charge in [-0.2, -0.15) is 5.26 Å². The second kappa shape index (κ2) is 11.8. The number of carbonyl (C=O) groups is 1. The van der Waals surface area contributed by atoms with Crippen molar-refractivity contribution in [2.75, 3.05) is 46.5 Å². The van der Waals surface area contributed by atoms with Crippen LogP contribution < -0.4 is 4.74 Å². The number of ether oxygens (including phenoxy) is 2. The standard InChI is InChI=1S/C28H36N4O4/c1-19-15-32(20(2)18-33)28(34)25-12-24(23-6-4-21(13-29)5-7-23)14-30-27(25)36-26(19)17-31(3)16-22-8-10-35-11-9-22/h4-7,12,14,19-20,22,26,33H,8-11,15-18H2,1-3H3/t19-,20-,26-/m0/s1. The Morgan fingerprint density at radius 1 is 1.22 bits per heavy atom. The van der Waals surface area contributed by atoms with E-state index in [9.17, 15) is 9.90 Å². The maximum absolute atomic E-state index is 13.6. The molecule has 0 spiro atoms. The lowest BCUT2D eigenvalue weighted by Gasteiger charge is -2.38. The van der Waals surface area contributed by atoms with Crippen LogP contribution in [0.25, 0.3) is 11.1 Å². The Bertz CT molecular complexity index is 1080. The molecule has 1 amide bonds. The van der Waals surface area contributed by atoms with Gasteiger partial charge in [0.05, 0.1) is 24.3 Å². The van der Waals surface area contributed by atoms with E-state index in [1.807, 2.05) is 25.1 Å². The van der Waals surface area contributed by atoms with Crippen LogP contribution in [0.5, 0.6) is 5.88 Å². The molecule has 1 aromatic carbocycles. The van der Waals surface area contributed by atoms with E-state index in [2.05, 4.69) is 29.9 Å². The summed E-state index contributed by atoms with van der Waals surface area (Å²) in [5, 5.41) is 19.0. The number of nitrogens with zero attached hydrogens (tertiary/aromatic N) is 4. The Morgan fingerprint density at radius 2 is 1.94 bits per heavy atom. The topological polar surface area (TPSA) is 98.9 Å². The molecular formula is C28H36N4O4. The van der Waals surface area contributed by atoms with E-state index in [1.165, 1.54) is 0 Å².